The summed E-state index contributed by atoms with van der Waals surface area (Å²) in [5, 5.41) is 7.74. The summed E-state index contributed by atoms with van der Waals surface area (Å²) >= 11 is 3.74. The van der Waals surface area contributed by atoms with E-state index in [-0.39, 0.29) is 0 Å². The average molecular weight is 355 g/mol. The van der Waals surface area contributed by atoms with Gasteiger partial charge in [0.25, 0.3) is 0 Å². The normalized spacial score (nSPS) is 11.0. The third kappa shape index (κ3) is 2.61. The van der Waals surface area contributed by atoms with E-state index >= 15 is 0 Å². The molecule has 1 aromatic heterocycles. The number of halogens is 1. The zero-order chi connectivity index (χ0) is 15.9. The summed E-state index contributed by atoms with van der Waals surface area (Å²) in [5.74, 6) is 0. The summed E-state index contributed by atoms with van der Waals surface area (Å²) in [6, 6.07) is 12.9. The first kappa shape index (κ1) is 15.0. The maximum atomic E-state index is 4.54. The number of nitrogens with zero attached hydrogens (tertiary/aromatic N) is 1. The minimum absolute atomic E-state index is 0.965. The number of aromatic nitrogens is 2. The summed E-state index contributed by atoms with van der Waals surface area (Å²) in [5.41, 5.74) is 9.36. The second-order valence-electron chi connectivity index (χ2n) is 5.90. The Bertz CT molecular complexity index is 778. The van der Waals surface area contributed by atoms with Crippen molar-refractivity contribution in [2.45, 2.75) is 27.7 Å². The number of aryl methyl sites for hydroxylation is 4. The van der Waals surface area contributed by atoms with Crippen LogP contribution in [0.25, 0.3) is 22.5 Å². The van der Waals surface area contributed by atoms with Crippen LogP contribution >= 0.6 is 15.9 Å². The van der Waals surface area contributed by atoms with Crippen LogP contribution in [0.2, 0.25) is 0 Å². The third-order valence-electron chi connectivity index (χ3n) is 4.00. The molecule has 0 unspecified atom stereocenters. The van der Waals surface area contributed by atoms with Gasteiger partial charge in [0, 0.05) is 11.1 Å². The van der Waals surface area contributed by atoms with Crippen LogP contribution in [0.3, 0.4) is 0 Å². The van der Waals surface area contributed by atoms with Gasteiger partial charge in [0.1, 0.15) is 5.69 Å². The summed E-state index contributed by atoms with van der Waals surface area (Å²) in [7, 11) is 0. The highest BCUT2D eigenvalue weighted by molar-refractivity contribution is 9.10. The van der Waals surface area contributed by atoms with Gasteiger partial charge in [0.2, 0.25) is 0 Å². The first-order valence-corrected chi connectivity index (χ1v) is 8.16. The largest absolute Gasteiger partial charge is 0.276 e. The van der Waals surface area contributed by atoms with Gasteiger partial charge in [-0.25, -0.2) is 0 Å². The molecule has 0 fully saturated rings. The molecule has 3 aromatic rings. The van der Waals surface area contributed by atoms with Gasteiger partial charge in [-0.05, 0) is 54.8 Å². The number of H-pyrrole nitrogens is 1. The third-order valence-corrected chi connectivity index (χ3v) is 4.77. The van der Waals surface area contributed by atoms with Gasteiger partial charge >= 0.3 is 0 Å². The van der Waals surface area contributed by atoms with E-state index in [9.17, 15) is 0 Å². The Morgan fingerprint density at radius 3 is 1.91 bits per heavy atom. The number of hydrogen-bond donors (Lipinski definition) is 1. The molecule has 1 N–H and O–H groups in total. The molecule has 112 valence electrons. The van der Waals surface area contributed by atoms with Crippen molar-refractivity contribution in [3.63, 3.8) is 0 Å². The van der Waals surface area contributed by atoms with Gasteiger partial charge in [-0.15, -0.1) is 0 Å². The first-order chi connectivity index (χ1) is 10.5. The van der Waals surface area contributed by atoms with Crippen LogP contribution in [-0.4, -0.2) is 10.2 Å². The standard InChI is InChI=1S/C19H19BrN2/c1-11-5-7-15(13(3)9-11)18-17(20)19(22-21-18)16-8-6-12(2)10-14(16)4/h5-10H,1-4H3,(H,21,22). The smallest absolute Gasteiger partial charge is 0.107 e. The lowest BCUT2D eigenvalue weighted by molar-refractivity contribution is 1.09. The fraction of sp³-hybridized carbons (Fsp3) is 0.211. The first-order valence-electron chi connectivity index (χ1n) is 7.36. The van der Waals surface area contributed by atoms with Crippen molar-refractivity contribution in [1.82, 2.24) is 10.2 Å². The second-order valence-corrected chi connectivity index (χ2v) is 6.69. The van der Waals surface area contributed by atoms with Crippen molar-refractivity contribution in [2.24, 2.45) is 0 Å². The maximum Gasteiger partial charge on any atom is 0.107 e. The van der Waals surface area contributed by atoms with E-state index in [0.717, 1.165) is 21.4 Å². The minimum Gasteiger partial charge on any atom is -0.276 e. The maximum absolute atomic E-state index is 4.54. The monoisotopic (exact) mass is 354 g/mol. The molecule has 0 saturated carbocycles. The molecule has 1 heterocycles. The van der Waals surface area contributed by atoms with Gasteiger partial charge in [-0.1, -0.05) is 47.5 Å². The van der Waals surface area contributed by atoms with E-state index in [0.29, 0.717) is 0 Å². The Hall–Kier alpha value is -1.87. The molecular formula is C19H19BrN2. The van der Waals surface area contributed by atoms with Crippen LogP contribution in [0, 0.1) is 27.7 Å². The van der Waals surface area contributed by atoms with Gasteiger partial charge in [0.15, 0.2) is 0 Å². The molecule has 0 atom stereocenters. The number of nitrogens with one attached hydrogen (secondary N) is 1. The molecule has 2 aromatic carbocycles. The highest BCUT2D eigenvalue weighted by Crippen LogP contribution is 2.37. The van der Waals surface area contributed by atoms with Crippen LogP contribution in [0.4, 0.5) is 0 Å². The fourth-order valence-corrected chi connectivity index (χ4v) is 3.46. The molecule has 0 amide bonds. The highest BCUT2D eigenvalue weighted by Gasteiger charge is 2.16. The molecule has 0 radical (unpaired) electrons. The molecule has 0 saturated heterocycles. The Kier molecular flexibility index (Phi) is 3.92. The summed E-state index contributed by atoms with van der Waals surface area (Å²) in [6.07, 6.45) is 0. The molecule has 0 spiro atoms. The predicted molar refractivity (Wildman–Crippen MR) is 96.1 cm³/mol. The van der Waals surface area contributed by atoms with Crippen LogP contribution in [0.5, 0.6) is 0 Å². The molecular weight excluding hydrogens is 336 g/mol. The average Bonchev–Trinajstić information content (AvgIpc) is 2.81. The quantitative estimate of drug-likeness (QED) is 0.624. The molecule has 3 rings (SSSR count). The number of benzene rings is 2. The number of aromatic amines is 1. The Balaban J connectivity index is 2.13. The van der Waals surface area contributed by atoms with Crippen molar-refractivity contribution in [1.29, 1.82) is 0 Å². The molecule has 2 nitrogen and oxygen atoms in total. The SMILES string of the molecule is Cc1ccc(-c2n[nH]c(-c3ccc(C)cc3C)c2Br)c(C)c1. The van der Waals surface area contributed by atoms with Gasteiger partial charge in [-0.3, -0.25) is 5.10 Å². The van der Waals surface area contributed by atoms with Gasteiger partial charge < -0.3 is 0 Å². The van der Waals surface area contributed by atoms with Gasteiger partial charge in [-0.2, -0.15) is 5.10 Å². The van der Waals surface area contributed by atoms with E-state index < -0.39 is 0 Å². The van der Waals surface area contributed by atoms with Crippen molar-refractivity contribution in [2.75, 3.05) is 0 Å². The summed E-state index contributed by atoms with van der Waals surface area (Å²) in [4.78, 5) is 0. The van der Waals surface area contributed by atoms with E-state index in [1.807, 2.05) is 0 Å². The summed E-state index contributed by atoms with van der Waals surface area (Å²) < 4.78 is 1.02. The van der Waals surface area contributed by atoms with Crippen LogP contribution < -0.4 is 0 Å². The second kappa shape index (κ2) is 5.73. The minimum atomic E-state index is 0.965. The van der Waals surface area contributed by atoms with Crippen molar-refractivity contribution in [3.05, 3.63) is 63.1 Å². The Morgan fingerprint density at radius 2 is 1.36 bits per heavy atom. The summed E-state index contributed by atoms with van der Waals surface area (Å²) in [6.45, 7) is 8.48. The Morgan fingerprint density at radius 1 is 0.818 bits per heavy atom. The molecule has 0 aliphatic carbocycles. The van der Waals surface area contributed by atoms with E-state index in [1.165, 1.54) is 27.8 Å². The fourth-order valence-electron chi connectivity index (χ4n) is 2.86. The van der Waals surface area contributed by atoms with E-state index in [4.69, 9.17) is 0 Å². The molecule has 0 aliphatic heterocycles. The van der Waals surface area contributed by atoms with Crippen molar-refractivity contribution in [3.8, 4) is 22.5 Å². The number of rotatable bonds is 2. The molecule has 22 heavy (non-hydrogen) atoms. The number of hydrogen-bond acceptors (Lipinski definition) is 1. The van der Waals surface area contributed by atoms with Crippen LogP contribution in [0.1, 0.15) is 22.3 Å². The zero-order valence-electron chi connectivity index (χ0n) is 13.3. The topological polar surface area (TPSA) is 28.7 Å². The molecule has 0 aliphatic rings. The van der Waals surface area contributed by atoms with E-state index in [2.05, 4.69) is 90.2 Å². The molecule has 3 heteroatoms. The molecule has 0 bridgehead atoms. The lowest BCUT2D eigenvalue weighted by Crippen LogP contribution is -1.86. The van der Waals surface area contributed by atoms with Crippen LogP contribution in [-0.2, 0) is 0 Å². The van der Waals surface area contributed by atoms with Crippen molar-refractivity contribution < 1.29 is 0 Å². The highest BCUT2D eigenvalue weighted by atomic mass is 79.9. The van der Waals surface area contributed by atoms with E-state index in [1.54, 1.807) is 0 Å². The Labute approximate surface area is 139 Å². The predicted octanol–water partition coefficient (Wildman–Crippen LogP) is 5.74. The lowest BCUT2D eigenvalue weighted by atomic mass is 10.0. The van der Waals surface area contributed by atoms with Gasteiger partial charge in [0.05, 0.1) is 10.2 Å². The van der Waals surface area contributed by atoms with Crippen LogP contribution in [0.15, 0.2) is 40.9 Å². The van der Waals surface area contributed by atoms with Crippen molar-refractivity contribution >= 4 is 15.9 Å². The zero-order valence-corrected chi connectivity index (χ0v) is 14.9. The lowest BCUT2D eigenvalue weighted by Gasteiger charge is -2.07.